The van der Waals surface area contributed by atoms with Gasteiger partial charge in [-0.05, 0) is 56.3 Å². The monoisotopic (exact) mass is 361 g/mol. The van der Waals surface area contributed by atoms with Crippen molar-refractivity contribution in [1.29, 1.82) is 0 Å². The van der Waals surface area contributed by atoms with Crippen molar-refractivity contribution < 1.29 is 19.0 Å². The number of amides is 1. The molecule has 0 aromatic heterocycles. The summed E-state index contributed by atoms with van der Waals surface area (Å²) in [6.45, 7) is 3.73. The normalized spacial score (nSPS) is 19.5. The SMILES string of the molecule is CC1(C)OC(=C2C(=O)Nc3cc(F)ccc32)C=C1C#Cc1cccc(O)c1. The summed E-state index contributed by atoms with van der Waals surface area (Å²) in [7, 11) is 0. The van der Waals surface area contributed by atoms with Crippen molar-refractivity contribution in [3.8, 4) is 17.6 Å². The summed E-state index contributed by atoms with van der Waals surface area (Å²) in [4.78, 5) is 12.4. The maximum Gasteiger partial charge on any atom is 0.260 e. The van der Waals surface area contributed by atoms with Gasteiger partial charge in [0.05, 0.1) is 11.3 Å². The number of benzene rings is 2. The lowest BCUT2D eigenvalue weighted by Crippen LogP contribution is -2.21. The number of aromatic hydroxyl groups is 1. The number of phenols is 1. The number of rotatable bonds is 0. The van der Waals surface area contributed by atoms with Crippen LogP contribution in [0, 0.1) is 17.7 Å². The van der Waals surface area contributed by atoms with E-state index in [1.807, 2.05) is 13.8 Å². The second-order valence-corrected chi connectivity index (χ2v) is 6.85. The fourth-order valence-corrected chi connectivity index (χ4v) is 3.09. The van der Waals surface area contributed by atoms with Gasteiger partial charge < -0.3 is 15.2 Å². The van der Waals surface area contributed by atoms with Crippen molar-refractivity contribution in [2.24, 2.45) is 0 Å². The minimum absolute atomic E-state index is 0.145. The molecule has 2 aliphatic heterocycles. The van der Waals surface area contributed by atoms with E-state index in [2.05, 4.69) is 17.2 Å². The molecule has 0 fully saturated rings. The Morgan fingerprint density at radius 1 is 1.15 bits per heavy atom. The van der Waals surface area contributed by atoms with E-state index in [1.165, 1.54) is 12.1 Å². The van der Waals surface area contributed by atoms with Gasteiger partial charge in [-0.3, -0.25) is 4.79 Å². The number of anilines is 1. The third-order valence-electron chi connectivity index (χ3n) is 4.45. The number of carbonyl (C=O) groups excluding carboxylic acids is 1. The summed E-state index contributed by atoms with van der Waals surface area (Å²) in [5.74, 6) is 5.87. The van der Waals surface area contributed by atoms with Crippen LogP contribution in [0.3, 0.4) is 0 Å². The Balaban J connectivity index is 1.77. The van der Waals surface area contributed by atoms with Gasteiger partial charge in [-0.2, -0.15) is 0 Å². The second kappa shape index (κ2) is 6.03. The van der Waals surface area contributed by atoms with Crippen LogP contribution in [0.15, 0.2) is 59.9 Å². The first-order valence-corrected chi connectivity index (χ1v) is 8.41. The molecule has 1 amide bonds. The zero-order chi connectivity index (χ0) is 19.2. The summed E-state index contributed by atoms with van der Waals surface area (Å²) in [5.41, 5.74) is 2.06. The van der Waals surface area contributed by atoms with Crippen LogP contribution in [0.25, 0.3) is 5.57 Å². The van der Waals surface area contributed by atoms with Crippen LogP contribution < -0.4 is 5.32 Å². The molecule has 134 valence electrons. The standard InChI is InChI=1S/C22H16FNO3/c1-22(2)14(7-6-13-4-3-5-16(25)10-13)11-19(27-22)20-17-9-8-15(23)12-18(17)24-21(20)26/h3-5,8-12,25H,1-2H3,(H,24,26). The molecule has 4 rings (SSSR count). The Bertz CT molecular complexity index is 1100. The number of carbonyl (C=O) groups is 1. The third-order valence-corrected chi connectivity index (χ3v) is 4.45. The Morgan fingerprint density at radius 3 is 2.74 bits per heavy atom. The molecule has 27 heavy (non-hydrogen) atoms. The number of phenolic OH excluding ortho intramolecular Hbond substituents is 1. The summed E-state index contributed by atoms with van der Waals surface area (Å²) < 4.78 is 19.4. The van der Waals surface area contributed by atoms with Crippen molar-refractivity contribution in [2.75, 3.05) is 5.32 Å². The third kappa shape index (κ3) is 3.06. The Kier molecular flexibility index (Phi) is 3.78. The van der Waals surface area contributed by atoms with E-state index in [4.69, 9.17) is 4.74 Å². The summed E-state index contributed by atoms with van der Waals surface area (Å²) in [6, 6.07) is 10.8. The molecule has 0 radical (unpaired) electrons. The second-order valence-electron chi connectivity index (χ2n) is 6.85. The van der Waals surface area contributed by atoms with Crippen molar-refractivity contribution in [3.63, 3.8) is 0 Å². The first kappa shape index (κ1) is 16.9. The topological polar surface area (TPSA) is 58.6 Å². The summed E-state index contributed by atoms with van der Waals surface area (Å²) in [5, 5.41) is 12.2. The molecular weight excluding hydrogens is 345 g/mol. The quantitative estimate of drug-likeness (QED) is 0.551. The predicted octanol–water partition coefficient (Wildman–Crippen LogP) is 3.98. The molecule has 2 aromatic rings. The zero-order valence-corrected chi connectivity index (χ0v) is 14.8. The molecule has 2 heterocycles. The Morgan fingerprint density at radius 2 is 1.96 bits per heavy atom. The first-order valence-electron chi connectivity index (χ1n) is 8.41. The number of allylic oxidation sites excluding steroid dienone is 1. The highest BCUT2D eigenvalue weighted by atomic mass is 19.1. The Hall–Kier alpha value is -3.52. The largest absolute Gasteiger partial charge is 0.508 e. The Labute approximate surface area is 156 Å². The molecular formula is C22H16FNO3. The van der Waals surface area contributed by atoms with Crippen LogP contribution in [-0.4, -0.2) is 16.6 Å². The number of nitrogens with one attached hydrogen (secondary N) is 1. The molecule has 2 aromatic carbocycles. The van der Waals surface area contributed by atoms with Crippen LogP contribution in [0.5, 0.6) is 5.75 Å². The van der Waals surface area contributed by atoms with E-state index in [0.29, 0.717) is 33.7 Å². The first-order chi connectivity index (χ1) is 12.8. The maximum absolute atomic E-state index is 13.4. The number of hydrogen-bond acceptors (Lipinski definition) is 3. The average molecular weight is 361 g/mol. The van der Waals surface area contributed by atoms with Crippen molar-refractivity contribution in [3.05, 3.63) is 76.8 Å². The lowest BCUT2D eigenvalue weighted by molar-refractivity contribution is -0.111. The number of ether oxygens (including phenoxy) is 1. The smallest absolute Gasteiger partial charge is 0.260 e. The van der Waals surface area contributed by atoms with Gasteiger partial charge in [0, 0.05) is 16.7 Å². The zero-order valence-electron chi connectivity index (χ0n) is 14.8. The molecule has 2 aliphatic rings. The molecule has 0 bridgehead atoms. The van der Waals surface area contributed by atoms with Crippen LogP contribution >= 0.6 is 0 Å². The van der Waals surface area contributed by atoms with E-state index >= 15 is 0 Å². The minimum atomic E-state index is -0.713. The van der Waals surface area contributed by atoms with Gasteiger partial charge >= 0.3 is 0 Å². The molecule has 0 spiro atoms. The summed E-state index contributed by atoms with van der Waals surface area (Å²) >= 11 is 0. The van der Waals surface area contributed by atoms with Gasteiger partial charge in [0.25, 0.3) is 5.91 Å². The highest BCUT2D eigenvalue weighted by Crippen LogP contribution is 2.41. The molecule has 4 nitrogen and oxygen atoms in total. The molecule has 0 saturated heterocycles. The van der Waals surface area contributed by atoms with Crippen molar-refractivity contribution in [1.82, 2.24) is 0 Å². The van der Waals surface area contributed by atoms with Crippen LogP contribution in [0.2, 0.25) is 0 Å². The van der Waals surface area contributed by atoms with Crippen molar-refractivity contribution in [2.45, 2.75) is 19.4 Å². The van der Waals surface area contributed by atoms with Crippen molar-refractivity contribution >= 4 is 17.2 Å². The molecule has 0 unspecified atom stereocenters. The summed E-state index contributed by atoms with van der Waals surface area (Å²) in [6.07, 6.45) is 1.74. The molecule has 0 saturated carbocycles. The van der Waals surface area contributed by atoms with Gasteiger partial charge in [-0.1, -0.05) is 17.9 Å². The van der Waals surface area contributed by atoms with Crippen LogP contribution in [0.4, 0.5) is 10.1 Å². The van der Waals surface area contributed by atoms with E-state index in [0.717, 1.165) is 0 Å². The average Bonchev–Trinajstić information content (AvgIpc) is 3.07. The molecule has 2 N–H and O–H groups in total. The van der Waals surface area contributed by atoms with Gasteiger partial charge in [-0.15, -0.1) is 0 Å². The van der Waals surface area contributed by atoms with Gasteiger partial charge in [0.15, 0.2) is 0 Å². The van der Waals surface area contributed by atoms with Crippen LogP contribution in [0.1, 0.15) is 25.0 Å². The van der Waals surface area contributed by atoms with Crippen LogP contribution in [-0.2, 0) is 9.53 Å². The minimum Gasteiger partial charge on any atom is -0.508 e. The molecule has 5 heteroatoms. The fourth-order valence-electron chi connectivity index (χ4n) is 3.09. The van der Waals surface area contributed by atoms with E-state index in [-0.39, 0.29) is 11.7 Å². The van der Waals surface area contributed by atoms with E-state index < -0.39 is 11.4 Å². The van der Waals surface area contributed by atoms with Gasteiger partial charge in [-0.25, -0.2) is 4.39 Å². The van der Waals surface area contributed by atoms with E-state index in [9.17, 15) is 14.3 Å². The lowest BCUT2D eigenvalue weighted by atomic mass is 9.99. The highest BCUT2D eigenvalue weighted by molar-refractivity contribution is 6.32. The number of hydrogen-bond donors (Lipinski definition) is 2. The van der Waals surface area contributed by atoms with Gasteiger partial charge in [0.2, 0.25) is 0 Å². The molecule has 0 atom stereocenters. The number of fused-ring (bicyclic) bond motifs is 1. The predicted molar refractivity (Wildman–Crippen MR) is 100 cm³/mol. The fraction of sp³-hybridized carbons (Fsp3) is 0.136. The van der Waals surface area contributed by atoms with E-state index in [1.54, 1.807) is 36.4 Å². The highest BCUT2D eigenvalue weighted by Gasteiger charge is 2.36. The molecule has 0 aliphatic carbocycles. The number of halogens is 1. The lowest BCUT2D eigenvalue weighted by Gasteiger charge is -2.20. The maximum atomic E-state index is 13.4. The van der Waals surface area contributed by atoms with Gasteiger partial charge in [0.1, 0.15) is 22.9 Å².